The van der Waals surface area contributed by atoms with Crippen LogP contribution in [0, 0.1) is 0 Å². The van der Waals surface area contributed by atoms with E-state index in [4.69, 9.17) is 5.11 Å². The van der Waals surface area contributed by atoms with Crippen LogP contribution >= 0.6 is 27.7 Å². The van der Waals surface area contributed by atoms with E-state index in [-0.39, 0.29) is 23.9 Å². The fraction of sp³-hybridized carbons (Fsp3) is 0.462. The standard InChI is InChI=1S/C13H19BrN2O2S/c1-9(12(8-17)19-2)16-13(18)15-7-10-4-3-5-11(14)6-10/h3-6,9,12,17H,7-8H2,1-2H3,(H2,15,16,18). The molecule has 106 valence electrons. The van der Waals surface area contributed by atoms with Gasteiger partial charge in [-0.25, -0.2) is 4.79 Å². The highest BCUT2D eigenvalue weighted by atomic mass is 79.9. The molecule has 3 N–H and O–H groups in total. The summed E-state index contributed by atoms with van der Waals surface area (Å²) >= 11 is 4.93. The van der Waals surface area contributed by atoms with E-state index in [1.54, 1.807) is 0 Å². The molecule has 2 atom stereocenters. The van der Waals surface area contributed by atoms with Gasteiger partial charge in [0.15, 0.2) is 0 Å². The minimum Gasteiger partial charge on any atom is -0.395 e. The second-order valence-electron chi connectivity index (χ2n) is 4.20. The molecule has 0 heterocycles. The summed E-state index contributed by atoms with van der Waals surface area (Å²) in [4.78, 5) is 11.7. The molecule has 4 nitrogen and oxygen atoms in total. The first-order valence-electron chi connectivity index (χ1n) is 5.99. The maximum atomic E-state index is 11.7. The Balaban J connectivity index is 2.39. The van der Waals surface area contributed by atoms with Crippen LogP contribution < -0.4 is 10.6 Å². The van der Waals surface area contributed by atoms with Crippen molar-refractivity contribution in [3.63, 3.8) is 0 Å². The Bertz CT molecular complexity index is 413. The van der Waals surface area contributed by atoms with Crippen LogP contribution in [-0.4, -0.2) is 35.3 Å². The molecule has 0 aliphatic carbocycles. The van der Waals surface area contributed by atoms with Gasteiger partial charge in [-0.05, 0) is 30.9 Å². The van der Waals surface area contributed by atoms with Gasteiger partial charge in [0.05, 0.1) is 6.61 Å². The first-order valence-corrected chi connectivity index (χ1v) is 8.07. The minimum absolute atomic E-state index is 0.0108. The zero-order valence-corrected chi connectivity index (χ0v) is 13.4. The topological polar surface area (TPSA) is 61.4 Å². The molecule has 0 aromatic heterocycles. The normalized spacial score (nSPS) is 13.7. The molecule has 0 bridgehead atoms. The van der Waals surface area contributed by atoms with E-state index in [0.717, 1.165) is 10.0 Å². The van der Waals surface area contributed by atoms with E-state index in [0.29, 0.717) is 6.54 Å². The summed E-state index contributed by atoms with van der Waals surface area (Å²) < 4.78 is 0.989. The lowest BCUT2D eigenvalue weighted by atomic mass is 10.2. The molecular weight excluding hydrogens is 328 g/mol. The fourth-order valence-electron chi connectivity index (χ4n) is 1.62. The predicted molar refractivity (Wildman–Crippen MR) is 83.4 cm³/mol. The zero-order chi connectivity index (χ0) is 14.3. The number of carbonyl (C=O) groups is 1. The second kappa shape index (κ2) is 8.45. The number of rotatable bonds is 6. The van der Waals surface area contributed by atoms with Gasteiger partial charge >= 0.3 is 6.03 Å². The third-order valence-electron chi connectivity index (χ3n) is 2.74. The van der Waals surface area contributed by atoms with Crippen LogP contribution in [-0.2, 0) is 6.54 Å². The summed E-state index contributed by atoms with van der Waals surface area (Å²) in [6.07, 6.45) is 1.92. The first-order chi connectivity index (χ1) is 9.06. The van der Waals surface area contributed by atoms with Gasteiger partial charge in [0, 0.05) is 22.3 Å². The van der Waals surface area contributed by atoms with E-state index in [1.807, 2.05) is 37.4 Å². The van der Waals surface area contributed by atoms with E-state index < -0.39 is 0 Å². The number of nitrogens with one attached hydrogen (secondary N) is 2. The van der Waals surface area contributed by atoms with Gasteiger partial charge in [-0.15, -0.1) is 0 Å². The quantitative estimate of drug-likeness (QED) is 0.740. The second-order valence-corrected chi connectivity index (χ2v) is 6.19. The van der Waals surface area contributed by atoms with Gasteiger partial charge < -0.3 is 15.7 Å². The Kier molecular flexibility index (Phi) is 7.27. The van der Waals surface area contributed by atoms with Crippen molar-refractivity contribution in [1.82, 2.24) is 10.6 Å². The van der Waals surface area contributed by atoms with Crippen molar-refractivity contribution in [3.05, 3.63) is 34.3 Å². The summed E-state index contributed by atoms with van der Waals surface area (Å²) in [5.74, 6) is 0. The predicted octanol–water partition coefficient (Wildman–Crippen LogP) is 2.36. The number of carbonyl (C=O) groups excluding carboxylic acids is 1. The number of hydrogen-bond acceptors (Lipinski definition) is 3. The molecule has 0 aliphatic rings. The van der Waals surface area contributed by atoms with Crippen LogP contribution in [0.4, 0.5) is 4.79 Å². The molecule has 1 aromatic carbocycles. The van der Waals surface area contributed by atoms with Crippen molar-refractivity contribution in [3.8, 4) is 0 Å². The number of urea groups is 1. The molecule has 6 heteroatoms. The molecule has 0 fully saturated rings. The Morgan fingerprint density at radius 2 is 2.26 bits per heavy atom. The number of halogens is 1. The molecule has 2 amide bonds. The number of thioether (sulfide) groups is 1. The molecule has 0 radical (unpaired) electrons. The van der Waals surface area contributed by atoms with Crippen LogP contribution in [0.3, 0.4) is 0 Å². The lowest BCUT2D eigenvalue weighted by Crippen LogP contribution is -2.45. The molecule has 0 saturated heterocycles. The number of benzene rings is 1. The summed E-state index contributed by atoms with van der Waals surface area (Å²) in [6, 6.07) is 7.48. The Morgan fingerprint density at radius 3 is 2.84 bits per heavy atom. The summed E-state index contributed by atoms with van der Waals surface area (Å²) in [7, 11) is 0. The SMILES string of the molecule is CSC(CO)C(C)NC(=O)NCc1cccc(Br)c1. The van der Waals surface area contributed by atoms with Gasteiger partial charge in [-0.1, -0.05) is 28.1 Å². The first kappa shape index (κ1) is 16.3. The number of hydrogen-bond donors (Lipinski definition) is 3. The monoisotopic (exact) mass is 346 g/mol. The highest BCUT2D eigenvalue weighted by Gasteiger charge is 2.16. The van der Waals surface area contributed by atoms with Crippen LogP contribution in [0.25, 0.3) is 0 Å². The molecule has 2 unspecified atom stereocenters. The number of aliphatic hydroxyl groups excluding tert-OH is 1. The molecule has 1 aromatic rings. The minimum atomic E-state index is -0.222. The molecule has 0 saturated carbocycles. The molecule has 19 heavy (non-hydrogen) atoms. The van der Waals surface area contributed by atoms with Crippen LogP contribution in [0.1, 0.15) is 12.5 Å². The van der Waals surface area contributed by atoms with Gasteiger partial charge in [0.25, 0.3) is 0 Å². The van der Waals surface area contributed by atoms with Crippen molar-refractivity contribution in [2.24, 2.45) is 0 Å². The Labute approximate surface area is 126 Å². The van der Waals surface area contributed by atoms with Crippen LogP contribution in [0.5, 0.6) is 0 Å². The van der Waals surface area contributed by atoms with E-state index in [9.17, 15) is 4.79 Å². The van der Waals surface area contributed by atoms with Crippen LogP contribution in [0.15, 0.2) is 28.7 Å². The highest BCUT2D eigenvalue weighted by molar-refractivity contribution is 9.10. The third kappa shape index (κ3) is 5.84. The van der Waals surface area contributed by atoms with Crippen LogP contribution in [0.2, 0.25) is 0 Å². The van der Waals surface area contributed by atoms with Gasteiger partial charge in [0.2, 0.25) is 0 Å². The largest absolute Gasteiger partial charge is 0.395 e. The lowest BCUT2D eigenvalue weighted by molar-refractivity contribution is 0.232. The number of aliphatic hydroxyl groups is 1. The smallest absolute Gasteiger partial charge is 0.315 e. The number of amides is 2. The van der Waals surface area contributed by atoms with Crippen molar-refractivity contribution in [2.45, 2.75) is 24.8 Å². The molecule has 1 rings (SSSR count). The Hall–Kier alpha value is -0.720. The average molecular weight is 347 g/mol. The van der Waals surface area contributed by atoms with Crippen molar-refractivity contribution in [2.75, 3.05) is 12.9 Å². The highest BCUT2D eigenvalue weighted by Crippen LogP contribution is 2.12. The van der Waals surface area contributed by atoms with Gasteiger partial charge in [-0.3, -0.25) is 0 Å². The van der Waals surface area contributed by atoms with E-state index in [2.05, 4.69) is 26.6 Å². The van der Waals surface area contributed by atoms with Crippen molar-refractivity contribution < 1.29 is 9.90 Å². The van der Waals surface area contributed by atoms with Crippen molar-refractivity contribution >= 4 is 33.7 Å². The fourth-order valence-corrected chi connectivity index (χ4v) is 2.69. The Morgan fingerprint density at radius 1 is 1.53 bits per heavy atom. The molecule has 0 aliphatic heterocycles. The van der Waals surface area contributed by atoms with Gasteiger partial charge in [-0.2, -0.15) is 11.8 Å². The lowest BCUT2D eigenvalue weighted by Gasteiger charge is -2.21. The molecular formula is C13H19BrN2O2S. The van der Waals surface area contributed by atoms with Gasteiger partial charge in [0.1, 0.15) is 0 Å². The maximum absolute atomic E-state index is 11.7. The summed E-state index contributed by atoms with van der Waals surface area (Å²) in [5, 5.41) is 14.8. The third-order valence-corrected chi connectivity index (χ3v) is 4.40. The van der Waals surface area contributed by atoms with Crippen molar-refractivity contribution in [1.29, 1.82) is 0 Å². The maximum Gasteiger partial charge on any atom is 0.315 e. The van der Waals surface area contributed by atoms with E-state index >= 15 is 0 Å². The summed E-state index contributed by atoms with van der Waals surface area (Å²) in [6.45, 7) is 2.41. The van der Waals surface area contributed by atoms with E-state index in [1.165, 1.54) is 11.8 Å². The molecule has 0 spiro atoms. The summed E-state index contributed by atoms with van der Waals surface area (Å²) in [5.41, 5.74) is 1.03. The average Bonchev–Trinajstić information content (AvgIpc) is 2.38. The zero-order valence-electron chi connectivity index (χ0n) is 11.0.